The van der Waals surface area contributed by atoms with Crippen molar-refractivity contribution in [2.24, 2.45) is 5.92 Å². The smallest absolute Gasteiger partial charge is 0.119 e. The number of aliphatic hydroxyl groups excluding tert-OH is 1. The molecule has 194 valence electrons. The van der Waals surface area contributed by atoms with Gasteiger partial charge in [0, 0.05) is 5.92 Å². The summed E-state index contributed by atoms with van der Waals surface area (Å²) >= 11 is 0. The van der Waals surface area contributed by atoms with Gasteiger partial charge in [-0.1, -0.05) is 103 Å². The standard InChI is InChI=1S/C32H36O5/c1-3-14-27-28(33)29(35-21-24-15-8-5-9-16-24)30(36-22-25-17-10-6-11-18-25)31(32(27,34)4-2)37-23-26-19-12-7-13-20-26/h3-13,15-20,27-31,33-34H,1-2,14,21-23H2/t27-,28+,29-,30-,31+,32-/m1/s1. The highest BCUT2D eigenvalue weighted by molar-refractivity contribution is 5.20. The lowest BCUT2D eigenvalue weighted by molar-refractivity contribution is -0.272. The minimum Gasteiger partial charge on any atom is -0.390 e. The van der Waals surface area contributed by atoms with Gasteiger partial charge < -0.3 is 24.4 Å². The van der Waals surface area contributed by atoms with Gasteiger partial charge in [0.2, 0.25) is 0 Å². The van der Waals surface area contributed by atoms with E-state index >= 15 is 0 Å². The topological polar surface area (TPSA) is 68.2 Å². The molecule has 6 atom stereocenters. The summed E-state index contributed by atoms with van der Waals surface area (Å²) in [5.74, 6) is -0.638. The molecule has 2 N–H and O–H groups in total. The Hall–Kier alpha value is -3.06. The van der Waals surface area contributed by atoms with Crippen LogP contribution in [0.3, 0.4) is 0 Å². The molecule has 3 aromatic carbocycles. The minimum atomic E-state index is -1.57. The lowest BCUT2D eigenvalue weighted by atomic mass is 9.67. The maximum atomic E-state index is 12.0. The third-order valence-electron chi connectivity index (χ3n) is 7.01. The van der Waals surface area contributed by atoms with Crippen LogP contribution in [0.4, 0.5) is 0 Å². The number of ether oxygens (including phenoxy) is 3. The first-order valence-electron chi connectivity index (χ1n) is 12.7. The van der Waals surface area contributed by atoms with Gasteiger partial charge in [0.25, 0.3) is 0 Å². The Morgan fingerprint density at radius 3 is 1.54 bits per heavy atom. The zero-order valence-electron chi connectivity index (χ0n) is 21.1. The second kappa shape index (κ2) is 13.0. The van der Waals surface area contributed by atoms with Gasteiger partial charge in [-0.2, -0.15) is 0 Å². The van der Waals surface area contributed by atoms with Crippen molar-refractivity contribution in [2.75, 3.05) is 0 Å². The van der Waals surface area contributed by atoms with E-state index in [4.69, 9.17) is 14.2 Å². The van der Waals surface area contributed by atoms with Crippen molar-refractivity contribution in [1.29, 1.82) is 0 Å². The Bertz CT molecular complexity index is 1100. The number of allylic oxidation sites excluding steroid dienone is 1. The Morgan fingerprint density at radius 2 is 1.11 bits per heavy atom. The van der Waals surface area contributed by atoms with E-state index in [9.17, 15) is 10.2 Å². The van der Waals surface area contributed by atoms with E-state index in [-0.39, 0.29) is 19.8 Å². The van der Waals surface area contributed by atoms with Gasteiger partial charge >= 0.3 is 0 Å². The van der Waals surface area contributed by atoms with Crippen LogP contribution in [-0.4, -0.2) is 40.2 Å². The van der Waals surface area contributed by atoms with Crippen LogP contribution in [0, 0.1) is 5.92 Å². The second-order valence-electron chi connectivity index (χ2n) is 9.45. The summed E-state index contributed by atoms with van der Waals surface area (Å²) in [6.07, 6.45) is 0.0973. The first-order valence-corrected chi connectivity index (χ1v) is 12.7. The summed E-state index contributed by atoms with van der Waals surface area (Å²) in [5.41, 5.74) is 1.33. The average Bonchev–Trinajstić information content (AvgIpc) is 2.95. The Labute approximate surface area is 219 Å². The van der Waals surface area contributed by atoms with Crippen LogP contribution in [0.25, 0.3) is 0 Å². The first-order chi connectivity index (χ1) is 18.1. The second-order valence-corrected chi connectivity index (χ2v) is 9.45. The van der Waals surface area contributed by atoms with Crippen LogP contribution in [0.1, 0.15) is 23.1 Å². The first kappa shape index (κ1) is 27.0. The molecule has 0 amide bonds. The van der Waals surface area contributed by atoms with Crippen molar-refractivity contribution >= 4 is 0 Å². The molecular weight excluding hydrogens is 464 g/mol. The number of rotatable bonds is 12. The van der Waals surface area contributed by atoms with Crippen molar-refractivity contribution in [3.8, 4) is 0 Å². The van der Waals surface area contributed by atoms with Crippen molar-refractivity contribution < 1.29 is 24.4 Å². The van der Waals surface area contributed by atoms with Gasteiger partial charge in [-0.05, 0) is 23.1 Å². The van der Waals surface area contributed by atoms with E-state index in [0.717, 1.165) is 16.7 Å². The number of benzene rings is 3. The molecule has 1 fully saturated rings. The van der Waals surface area contributed by atoms with E-state index in [1.165, 1.54) is 6.08 Å². The lowest BCUT2D eigenvalue weighted by Gasteiger charge is -2.52. The maximum Gasteiger partial charge on any atom is 0.119 e. The number of hydrogen-bond donors (Lipinski definition) is 2. The summed E-state index contributed by atoms with van der Waals surface area (Å²) in [6, 6.07) is 29.3. The minimum absolute atomic E-state index is 0.259. The number of aliphatic hydroxyl groups is 2. The summed E-state index contributed by atoms with van der Waals surface area (Å²) in [5, 5.41) is 23.5. The molecule has 0 aromatic heterocycles. The zero-order chi connectivity index (χ0) is 26.1. The molecule has 4 rings (SSSR count). The fourth-order valence-corrected chi connectivity index (χ4v) is 5.02. The largest absolute Gasteiger partial charge is 0.390 e. The molecule has 1 aliphatic rings. The van der Waals surface area contributed by atoms with Gasteiger partial charge in [-0.15, -0.1) is 13.2 Å². The third-order valence-corrected chi connectivity index (χ3v) is 7.01. The van der Waals surface area contributed by atoms with Crippen LogP contribution in [0.5, 0.6) is 0 Å². The Morgan fingerprint density at radius 1 is 0.676 bits per heavy atom. The average molecular weight is 501 g/mol. The third kappa shape index (κ3) is 6.45. The quantitative estimate of drug-likeness (QED) is 0.334. The molecule has 1 saturated carbocycles. The van der Waals surface area contributed by atoms with E-state index in [1.807, 2.05) is 91.0 Å². The van der Waals surface area contributed by atoms with Gasteiger partial charge in [0.15, 0.2) is 0 Å². The molecule has 0 spiro atoms. The van der Waals surface area contributed by atoms with Crippen LogP contribution >= 0.6 is 0 Å². The summed E-state index contributed by atoms with van der Waals surface area (Å²) in [4.78, 5) is 0. The SMILES string of the molecule is C=CC[C@@H]1[C@H](O)[C@@H](OCc2ccccc2)[C@@H](OCc2ccccc2)[C@H](OCc2ccccc2)[C@@]1(O)C=C. The summed E-state index contributed by atoms with van der Waals surface area (Å²) in [6.45, 7) is 8.59. The molecule has 0 bridgehead atoms. The molecule has 1 aliphatic carbocycles. The molecule has 0 aliphatic heterocycles. The van der Waals surface area contributed by atoms with Crippen LogP contribution in [0.15, 0.2) is 116 Å². The zero-order valence-corrected chi connectivity index (χ0v) is 21.1. The fourth-order valence-electron chi connectivity index (χ4n) is 5.02. The Balaban J connectivity index is 1.67. The molecule has 3 aromatic rings. The van der Waals surface area contributed by atoms with E-state index < -0.39 is 35.9 Å². The molecule has 0 radical (unpaired) electrons. The van der Waals surface area contributed by atoms with Crippen molar-refractivity contribution in [3.63, 3.8) is 0 Å². The van der Waals surface area contributed by atoms with Crippen LogP contribution < -0.4 is 0 Å². The van der Waals surface area contributed by atoms with Crippen molar-refractivity contribution in [3.05, 3.63) is 133 Å². The molecule has 5 heteroatoms. The predicted octanol–water partition coefficient (Wildman–Crippen LogP) is 5.23. The summed E-state index contributed by atoms with van der Waals surface area (Å²) in [7, 11) is 0. The van der Waals surface area contributed by atoms with Crippen LogP contribution in [-0.2, 0) is 34.0 Å². The van der Waals surface area contributed by atoms with E-state index in [1.54, 1.807) is 6.08 Å². The van der Waals surface area contributed by atoms with Gasteiger partial charge in [-0.3, -0.25) is 0 Å². The molecule has 0 saturated heterocycles. The number of hydrogen-bond acceptors (Lipinski definition) is 5. The monoisotopic (exact) mass is 500 g/mol. The predicted molar refractivity (Wildman–Crippen MR) is 145 cm³/mol. The molecule has 5 nitrogen and oxygen atoms in total. The van der Waals surface area contributed by atoms with Crippen LogP contribution in [0.2, 0.25) is 0 Å². The lowest BCUT2D eigenvalue weighted by Crippen LogP contribution is -2.68. The fraction of sp³-hybridized carbons (Fsp3) is 0.312. The van der Waals surface area contributed by atoms with E-state index in [0.29, 0.717) is 6.42 Å². The Kier molecular flexibility index (Phi) is 9.45. The highest BCUT2D eigenvalue weighted by Gasteiger charge is 2.58. The molecule has 0 heterocycles. The normalized spacial score (nSPS) is 27.5. The highest BCUT2D eigenvalue weighted by atomic mass is 16.6. The molecular formula is C32H36O5. The van der Waals surface area contributed by atoms with E-state index in [2.05, 4.69) is 13.2 Å². The van der Waals surface area contributed by atoms with Gasteiger partial charge in [0.1, 0.15) is 23.9 Å². The highest BCUT2D eigenvalue weighted by Crippen LogP contribution is 2.42. The molecule has 0 unspecified atom stereocenters. The molecule has 37 heavy (non-hydrogen) atoms. The maximum absolute atomic E-state index is 12.0. The van der Waals surface area contributed by atoms with Gasteiger partial charge in [0.05, 0.1) is 25.9 Å². The van der Waals surface area contributed by atoms with Crippen molar-refractivity contribution in [2.45, 2.75) is 56.3 Å². The van der Waals surface area contributed by atoms with Crippen molar-refractivity contribution in [1.82, 2.24) is 0 Å². The summed E-state index contributed by atoms with van der Waals surface area (Å²) < 4.78 is 19.2. The van der Waals surface area contributed by atoms with Gasteiger partial charge in [-0.25, -0.2) is 0 Å².